The molecule has 32 heavy (non-hydrogen) atoms. The van der Waals surface area contributed by atoms with Crippen LogP contribution in [0.15, 0.2) is 52.9 Å². The van der Waals surface area contributed by atoms with E-state index in [1.165, 1.54) is 0 Å². The number of benzene rings is 2. The molecule has 7 heteroatoms. The predicted octanol–water partition coefficient (Wildman–Crippen LogP) is 4.70. The van der Waals surface area contributed by atoms with Gasteiger partial charge in [-0.15, -0.1) is 0 Å². The number of ether oxygens (including phenoxy) is 3. The van der Waals surface area contributed by atoms with E-state index in [9.17, 15) is 9.90 Å². The predicted molar refractivity (Wildman–Crippen MR) is 120 cm³/mol. The molecular weight excluding hydrogens is 410 g/mol. The number of nitrogens with zero attached hydrogens (tertiary/aromatic N) is 1. The Morgan fingerprint density at radius 3 is 2.56 bits per heavy atom. The van der Waals surface area contributed by atoms with Crippen LogP contribution < -0.4 is 9.47 Å². The molecule has 0 fully saturated rings. The maximum absolute atomic E-state index is 11.4. The summed E-state index contributed by atoms with van der Waals surface area (Å²) in [5.74, 6) is 1.62. The highest BCUT2D eigenvalue weighted by Gasteiger charge is 2.20. The van der Waals surface area contributed by atoms with Gasteiger partial charge in [0.25, 0.3) is 0 Å². The zero-order valence-corrected chi connectivity index (χ0v) is 18.7. The van der Waals surface area contributed by atoms with Crippen LogP contribution in [0.2, 0.25) is 0 Å². The quantitative estimate of drug-likeness (QED) is 0.437. The molecule has 1 heterocycles. The van der Waals surface area contributed by atoms with Gasteiger partial charge in [-0.05, 0) is 44.5 Å². The number of aliphatic carboxylic acids is 1. The summed E-state index contributed by atoms with van der Waals surface area (Å²) in [7, 11) is 0. The van der Waals surface area contributed by atoms with Crippen molar-refractivity contribution in [3.05, 3.63) is 65.5 Å². The average Bonchev–Trinajstić information content (AvgIpc) is 3.16. The molecule has 1 atom stereocenters. The fourth-order valence-corrected chi connectivity index (χ4v) is 3.33. The van der Waals surface area contributed by atoms with Gasteiger partial charge >= 0.3 is 5.97 Å². The molecule has 0 aliphatic rings. The Kier molecular flexibility index (Phi) is 8.27. The summed E-state index contributed by atoms with van der Waals surface area (Å²) < 4.78 is 22.8. The molecule has 170 valence electrons. The maximum Gasteiger partial charge on any atom is 0.333 e. The van der Waals surface area contributed by atoms with Gasteiger partial charge in [0.15, 0.2) is 6.10 Å². The second kappa shape index (κ2) is 11.3. The van der Waals surface area contributed by atoms with Gasteiger partial charge in [-0.25, -0.2) is 9.78 Å². The molecule has 7 nitrogen and oxygen atoms in total. The lowest BCUT2D eigenvalue weighted by Crippen LogP contribution is -2.26. The molecule has 3 rings (SSSR count). The van der Waals surface area contributed by atoms with Gasteiger partial charge in [0, 0.05) is 31.1 Å². The molecule has 0 radical (unpaired) electrons. The number of hydrogen-bond donors (Lipinski definition) is 1. The smallest absolute Gasteiger partial charge is 0.333 e. The second-order valence-corrected chi connectivity index (χ2v) is 7.18. The van der Waals surface area contributed by atoms with Crippen molar-refractivity contribution in [2.45, 2.75) is 39.7 Å². The number of carboxylic acid groups (broad SMARTS) is 1. The van der Waals surface area contributed by atoms with Crippen LogP contribution in [-0.2, 0) is 22.4 Å². The minimum absolute atomic E-state index is 0.221. The van der Waals surface area contributed by atoms with Gasteiger partial charge in [-0.3, -0.25) is 0 Å². The third kappa shape index (κ3) is 6.11. The second-order valence-electron chi connectivity index (χ2n) is 7.18. The third-order valence-corrected chi connectivity index (χ3v) is 4.91. The number of rotatable bonds is 12. The number of hydrogen-bond acceptors (Lipinski definition) is 6. The Morgan fingerprint density at radius 1 is 1.09 bits per heavy atom. The Morgan fingerprint density at radius 2 is 1.88 bits per heavy atom. The molecular formula is C25H29NO6. The van der Waals surface area contributed by atoms with E-state index in [1.54, 1.807) is 13.0 Å². The highest BCUT2D eigenvalue weighted by atomic mass is 16.5. The average molecular weight is 440 g/mol. The van der Waals surface area contributed by atoms with E-state index < -0.39 is 12.1 Å². The van der Waals surface area contributed by atoms with E-state index in [1.807, 2.05) is 56.3 Å². The molecule has 1 aromatic heterocycles. The molecule has 3 aromatic rings. The fourth-order valence-electron chi connectivity index (χ4n) is 3.33. The number of aromatic nitrogens is 1. The van der Waals surface area contributed by atoms with Crippen molar-refractivity contribution in [1.29, 1.82) is 0 Å². The molecule has 0 aliphatic heterocycles. The lowest BCUT2D eigenvalue weighted by molar-refractivity contribution is -0.149. The van der Waals surface area contributed by atoms with Crippen LogP contribution >= 0.6 is 0 Å². The van der Waals surface area contributed by atoms with Crippen molar-refractivity contribution < 1.29 is 28.5 Å². The summed E-state index contributed by atoms with van der Waals surface area (Å²) in [6.07, 6.45) is -0.0988. The van der Waals surface area contributed by atoms with Crippen LogP contribution in [0.5, 0.6) is 11.5 Å². The zero-order chi connectivity index (χ0) is 22.9. The summed E-state index contributed by atoms with van der Waals surface area (Å²) in [6, 6.07) is 15.2. The zero-order valence-electron chi connectivity index (χ0n) is 18.7. The first-order valence-corrected chi connectivity index (χ1v) is 10.8. The van der Waals surface area contributed by atoms with E-state index in [0.29, 0.717) is 43.6 Å². The van der Waals surface area contributed by atoms with Gasteiger partial charge in [-0.2, -0.15) is 0 Å². The molecule has 0 saturated carbocycles. The van der Waals surface area contributed by atoms with E-state index in [0.717, 1.165) is 22.6 Å². The van der Waals surface area contributed by atoms with Crippen molar-refractivity contribution in [2.75, 3.05) is 19.8 Å². The van der Waals surface area contributed by atoms with Crippen LogP contribution in [0.3, 0.4) is 0 Å². The van der Waals surface area contributed by atoms with Crippen molar-refractivity contribution in [3.63, 3.8) is 0 Å². The van der Waals surface area contributed by atoms with E-state index in [4.69, 9.17) is 18.6 Å². The highest BCUT2D eigenvalue weighted by Crippen LogP contribution is 2.27. The molecule has 0 aliphatic carbocycles. The van der Waals surface area contributed by atoms with Crippen molar-refractivity contribution in [3.8, 4) is 23.0 Å². The molecule has 0 bridgehead atoms. The maximum atomic E-state index is 11.4. The number of oxazole rings is 1. The first-order valence-electron chi connectivity index (χ1n) is 10.8. The van der Waals surface area contributed by atoms with Crippen LogP contribution in [0.1, 0.15) is 30.9 Å². The van der Waals surface area contributed by atoms with Crippen LogP contribution in [0.4, 0.5) is 0 Å². The minimum atomic E-state index is -0.993. The molecule has 1 N–H and O–H groups in total. The first kappa shape index (κ1) is 23.3. The monoisotopic (exact) mass is 439 g/mol. The standard InChI is InChI=1S/C25H29NO6/c1-4-29-22-16-20(12-11-19(22)15-23(25(27)28)30-5-2)31-14-13-21-17(3)32-24(26-21)18-9-7-6-8-10-18/h6-12,16,23H,4-5,13-15H2,1-3H3,(H,27,28)/t23-/m0/s1. The third-order valence-electron chi connectivity index (χ3n) is 4.91. The molecule has 0 saturated heterocycles. The Labute approximate surface area is 188 Å². The lowest BCUT2D eigenvalue weighted by Gasteiger charge is -2.16. The van der Waals surface area contributed by atoms with Gasteiger partial charge in [0.2, 0.25) is 5.89 Å². The van der Waals surface area contributed by atoms with Crippen LogP contribution in [-0.4, -0.2) is 42.0 Å². The summed E-state index contributed by atoms with van der Waals surface area (Å²) in [5.41, 5.74) is 2.55. The van der Waals surface area contributed by atoms with E-state index in [-0.39, 0.29) is 6.42 Å². The van der Waals surface area contributed by atoms with E-state index in [2.05, 4.69) is 4.98 Å². The van der Waals surface area contributed by atoms with Crippen LogP contribution in [0.25, 0.3) is 11.5 Å². The van der Waals surface area contributed by atoms with Crippen molar-refractivity contribution in [1.82, 2.24) is 4.98 Å². The Bertz CT molecular complexity index is 1010. The largest absolute Gasteiger partial charge is 0.493 e. The summed E-state index contributed by atoms with van der Waals surface area (Å²) in [4.78, 5) is 16.0. The number of carboxylic acids is 1. The molecule has 2 aromatic carbocycles. The molecule has 0 spiro atoms. The minimum Gasteiger partial charge on any atom is -0.493 e. The highest BCUT2D eigenvalue weighted by molar-refractivity contribution is 5.73. The molecule has 0 amide bonds. The SMILES string of the molecule is CCOc1cc(OCCc2nc(-c3ccccc3)oc2C)ccc1C[C@H](OCC)C(=O)O. The van der Waals surface area contributed by atoms with Gasteiger partial charge in [-0.1, -0.05) is 24.3 Å². The number of aryl methyl sites for hydroxylation is 1. The lowest BCUT2D eigenvalue weighted by atomic mass is 10.1. The Balaban J connectivity index is 1.65. The van der Waals surface area contributed by atoms with Crippen molar-refractivity contribution >= 4 is 5.97 Å². The summed E-state index contributed by atoms with van der Waals surface area (Å²) >= 11 is 0. The Hall–Kier alpha value is -3.32. The summed E-state index contributed by atoms with van der Waals surface area (Å²) in [6.45, 7) is 6.76. The van der Waals surface area contributed by atoms with Gasteiger partial charge < -0.3 is 23.7 Å². The normalized spacial score (nSPS) is 11.8. The van der Waals surface area contributed by atoms with Gasteiger partial charge in [0.1, 0.15) is 17.3 Å². The van der Waals surface area contributed by atoms with Crippen LogP contribution in [0, 0.1) is 6.92 Å². The van der Waals surface area contributed by atoms with Crippen molar-refractivity contribution in [2.24, 2.45) is 0 Å². The van der Waals surface area contributed by atoms with E-state index >= 15 is 0 Å². The summed E-state index contributed by atoms with van der Waals surface area (Å²) in [5, 5.41) is 9.36. The van der Waals surface area contributed by atoms with Gasteiger partial charge in [0.05, 0.1) is 18.9 Å². The first-order chi connectivity index (χ1) is 15.5. The number of carbonyl (C=O) groups is 1. The fraction of sp³-hybridized carbons (Fsp3) is 0.360. The molecule has 0 unspecified atom stereocenters. The topological polar surface area (TPSA) is 91.0 Å².